The Labute approximate surface area is 303 Å². The van der Waals surface area contributed by atoms with Gasteiger partial charge in [0.1, 0.15) is 18.0 Å². The molecule has 0 saturated heterocycles. The molecule has 0 atom stereocenters. The standard InChI is InChI=1S/C41H35F3N2O7/c1-26-3-7-28(8-4-26)29-13-18-34(19-14-29)53-25-37(47)30-9-5-27(6-10-30)23-46(24-39(49)50)40(51)31-11-16-33(17-12-31)45-38(48)21-32-15-20-35(52-2)22-36(32)41(42,43)44/h3-20,22H,21,23-25H2,1-2H3,(H,45,48)(H,49,50). The highest BCUT2D eigenvalue weighted by molar-refractivity contribution is 5.98. The maximum Gasteiger partial charge on any atom is 0.416 e. The molecule has 0 aliphatic carbocycles. The highest BCUT2D eigenvalue weighted by Crippen LogP contribution is 2.35. The lowest BCUT2D eigenvalue weighted by Crippen LogP contribution is -2.35. The predicted octanol–water partition coefficient (Wildman–Crippen LogP) is 7.86. The molecule has 0 heterocycles. The van der Waals surface area contributed by atoms with Crippen LogP contribution in [0.4, 0.5) is 18.9 Å². The van der Waals surface area contributed by atoms with E-state index in [9.17, 15) is 37.5 Å². The van der Waals surface area contributed by atoms with Gasteiger partial charge in [-0.2, -0.15) is 13.2 Å². The number of carbonyl (C=O) groups is 4. The number of halogens is 3. The van der Waals surface area contributed by atoms with E-state index in [0.29, 0.717) is 16.9 Å². The molecule has 0 bridgehead atoms. The van der Waals surface area contributed by atoms with Gasteiger partial charge in [-0.15, -0.1) is 0 Å². The van der Waals surface area contributed by atoms with Crippen molar-refractivity contribution in [2.45, 2.75) is 26.1 Å². The first-order valence-corrected chi connectivity index (χ1v) is 16.4. The van der Waals surface area contributed by atoms with Gasteiger partial charge in [-0.1, -0.05) is 72.3 Å². The molecule has 5 aromatic carbocycles. The number of ether oxygens (including phenoxy) is 2. The molecular weight excluding hydrogens is 689 g/mol. The zero-order valence-corrected chi connectivity index (χ0v) is 28.8. The number of amides is 2. The number of alkyl halides is 3. The number of hydrogen-bond acceptors (Lipinski definition) is 6. The fourth-order valence-electron chi connectivity index (χ4n) is 5.46. The number of anilines is 1. The van der Waals surface area contributed by atoms with Crippen LogP contribution in [0.25, 0.3) is 11.1 Å². The Morgan fingerprint density at radius 1 is 0.755 bits per heavy atom. The van der Waals surface area contributed by atoms with E-state index in [1.54, 1.807) is 36.4 Å². The molecule has 0 aliphatic rings. The van der Waals surface area contributed by atoms with Crippen molar-refractivity contribution >= 4 is 29.3 Å². The lowest BCUT2D eigenvalue weighted by Gasteiger charge is -2.21. The number of nitrogens with zero attached hydrogens (tertiary/aromatic N) is 1. The molecule has 0 fully saturated rings. The first-order valence-electron chi connectivity index (χ1n) is 16.4. The van der Waals surface area contributed by atoms with Gasteiger partial charge in [-0.25, -0.2) is 0 Å². The number of hydrogen-bond donors (Lipinski definition) is 2. The smallest absolute Gasteiger partial charge is 0.416 e. The van der Waals surface area contributed by atoms with Crippen molar-refractivity contribution in [2.24, 2.45) is 0 Å². The molecule has 2 N–H and O–H groups in total. The number of aryl methyl sites for hydroxylation is 1. The van der Waals surface area contributed by atoms with E-state index in [1.165, 1.54) is 49.1 Å². The minimum atomic E-state index is -4.70. The van der Waals surface area contributed by atoms with Gasteiger partial charge in [0.2, 0.25) is 5.91 Å². The van der Waals surface area contributed by atoms with E-state index in [-0.39, 0.29) is 41.5 Å². The molecule has 0 unspecified atom stereocenters. The second kappa shape index (κ2) is 16.7. The molecule has 0 radical (unpaired) electrons. The third-order valence-electron chi connectivity index (χ3n) is 8.26. The van der Waals surface area contributed by atoms with Gasteiger partial charge in [0, 0.05) is 23.4 Å². The van der Waals surface area contributed by atoms with Crippen LogP contribution in [-0.4, -0.2) is 53.8 Å². The summed E-state index contributed by atoms with van der Waals surface area (Å²) < 4.78 is 51.2. The van der Waals surface area contributed by atoms with Crippen LogP contribution in [0.15, 0.2) is 115 Å². The summed E-state index contributed by atoms with van der Waals surface area (Å²) in [6.07, 6.45) is -5.26. The number of rotatable bonds is 14. The average Bonchev–Trinajstić information content (AvgIpc) is 3.14. The first-order chi connectivity index (χ1) is 25.3. The Balaban J connectivity index is 1.17. The van der Waals surface area contributed by atoms with Crippen LogP contribution in [-0.2, 0) is 28.7 Å². The maximum absolute atomic E-state index is 13.6. The molecule has 0 aliphatic heterocycles. The minimum Gasteiger partial charge on any atom is -0.497 e. The van der Waals surface area contributed by atoms with Crippen LogP contribution in [0, 0.1) is 6.92 Å². The fraction of sp³-hybridized carbons (Fsp3) is 0.171. The van der Waals surface area contributed by atoms with Crippen LogP contribution < -0.4 is 14.8 Å². The van der Waals surface area contributed by atoms with E-state index in [4.69, 9.17) is 9.47 Å². The molecule has 0 saturated carbocycles. The third-order valence-corrected chi connectivity index (χ3v) is 8.26. The molecule has 2 amide bonds. The summed E-state index contributed by atoms with van der Waals surface area (Å²) >= 11 is 0. The van der Waals surface area contributed by atoms with Crippen molar-refractivity contribution in [1.29, 1.82) is 0 Å². The lowest BCUT2D eigenvalue weighted by atomic mass is 10.0. The molecule has 0 spiro atoms. The Hall–Kier alpha value is -6.43. The van der Waals surface area contributed by atoms with E-state index in [2.05, 4.69) is 5.32 Å². The summed E-state index contributed by atoms with van der Waals surface area (Å²) in [6, 6.07) is 30.8. The van der Waals surface area contributed by atoms with Crippen molar-refractivity contribution in [3.8, 4) is 22.6 Å². The third kappa shape index (κ3) is 10.3. The van der Waals surface area contributed by atoms with Gasteiger partial charge in [0.15, 0.2) is 12.4 Å². The van der Waals surface area contributed by atoms with E-state index in [0.717, 1.165) is 22.1 Å². The van der Waals surface area contributed by atoms with E-state index < -0.39 is 42.5 Å². The van der Waals surface area contributed by atoms with Crippen molar-refractivity contribution in [1.82, 2.24) is 4.90 Å². The summed E-state index contributed by atoms with van der Waals surface area (Å²) in [5.74, 6) is -2.29. The Morgan fingerprint density at radius 2 is 1.34 bits per heavy atom. The summed E-state index contributed by atoms with van der Waals surface area (Å²) in [7, 11) is 1.24. The highest BCUT2D eigenvalue weighted by Gasteiger charge is 2.34. The summed E-state index contributed by atoms with van der Waals surface area (Å²) in [4.78, 5) is 51.5. The number of methoxy groups -OCH3 is 1. The zero-order valence-electron chi connectivity index (χ0n) is 28.8. The van der Waals surface area contributed by atoms with Gasteiger partial charge >= 0.3 is 12.1 Å². The van der Waals surface area contributed by atoms with Crippen LogP contribution in [0.3, 0.4) is 0 Å². The average molecular weight is 725 g/mol. The number of aliphatic carboxylic acids is 1. The number of ketones is 1. The lowest BCUT2D eigenvalue weighted by molar-refractivity contribution is -0.139. The number of benzene rings is 5. The molecule has 9 nitrogen and oxygen atoms in total. The van der Waals surface area contributed by atoms with Crippen LogP contribution in [0.2, 0.25) is 0 Å². The minimum absolute atomic E-state index is 0.00343. The maximum atomic E-state index is 13.6. The number of nitrogens with one attached hydrogen (secondary N) is 1. The number of carbonyl (C=O) groups excluding carboxylic acids is 3. The van der Waals surface area contributed by atoms with E-state index in [1.807, 2.05) is 43.3 Å². The SMILES string of the molecule is COc1ccc(CC(=O)Nc2ccc(C(=O)N(CC(=O)O)Cc3ccc(C(=O)COc4ccc(-c5ccc(C)cc5)cc4)cc3)cc2)c(C(F)(F)F)c1. The van der Waals surface area contributed by atoms with Gasteiger partial charge in [0.05, 0.1) is 19.1 Å². The summed E-state index contributed by atoms with van der Waals surface area (Å²) in [5, 5.41) is 12.0. The Morgan fingerprint density at radius 3 is 1.92 bits per heavy atom. The molecule has 12 heteroatoms. The van der Waals surface area contributed by atoms with Crippen LogP contribution in [0.1, 0.15) is 43.0 Å². The van der Waals surface area contributed by atoms with Gasteiger partial charge < -0.3 is 24.8 Å². The second-order valence-corrected chi connectivity index (χ2v) is 12.2. The number of carboxylic acids is 1. The highest BCUT2D eigenvalue weighted by atomic mass is 19.4. The van der Waals surface area contributed by atoms with Crippen molar-refractivity contribution < 1.29 is 46.9 Å². The topological polar surface area (TPSA) is 122 Å². The van der Waals surface area contributed by atoms with Crippen molar-refractivity contribution in [3.05, 3.63) is 149 Å². The van der Waals surface area contributed by atoms with Gasteiger partial charge in [0.25, 0.3) is 5.91 Å². The molecular formula is C41H35F3N2O7. The summed E-state index contributed by atoms with van der Waals surface area (Å²) in [5.41, 5.74) is 3.32. The van der Waals surface area contributed by atoms with Gasteiger partial charge in [-0.3, -0.25) is 19.2 Å². The molecule has 53 heavy (non-hydrogen) atoms. The predicted molar refractivity (Wildman–Crippen MR) is 192 cm³/mol. The van der Waals surface area contributed by atoms with Crippen LogP contribution >= 0.6 is 0 Å². The van der Waals surface area contributed by atoms with Crippen molar-refractivity contribution in [2.75, 3.05) is 25.6 Å². The number of Topliss-reactive ketones (excluding diaryl/α,β-unsaturated/α-hetero) is 1. The quantitative estimate of drug-likeness (QED) is 0.112. The molecule has 0 aromatic heterocycles. The largest absolute Gasteiger partial charge is 0.497 e. The fourth-order valence-corrected chi connectivity index (χ4v) is 5.46. The first kappa shape index (κ1) is 37.8. The van der Waals surface area contributed by atoms with Crippen molar-refractivity contribution in [3.63, 3.8) is 0 Å². The number of carboxylic acid groups (broad SMARTS) is 1. The van der Waals surface area contributed by atoms with Gasteiger partial charge in [-0.05, 0) is 77.7 Å². The monoisotopic (exact) mass is 724 g/mol. The van der Waals surface area contributed by atoms with E-state index >= 15 is 0 Å². The summed E-state index contributed by atoms with van der Waals surface area (Å²) in [6.45, 7) is 1.14. The molecule has 272 valence electrons. The molecule has 5 rings (SSSR count). The second-order valence-electron chi connectivity index (χ2n) is 12.2. The Kier molecular flexibility index (Phi) is 11.9. The van der Waals surface area contributed by atoms with Crippen LogP contribution in [0.5, 0.6) is 11.5 Å². The zero-order chi connectivity index (χ0) is 38.1. The molecule has 5 aromatic rings. The normalized spacial score (nSPS) is 11.0. The Bertz CT molecular complexity index is 2080.